The van der Waals surface area contributed by atoms with Gasteiger partial charge in [-0.2, -0.15) is 0 Å². The molecule has 22 heavy (non-hydrogen) atoms. The van der Waals surface area contributed by atoms with Gasteiger partial charge >= 0.3 is 0 Å². The number of nitrogens with zero attached hydrogens (tertiary/aromatic N) is 1. The van der Waals surface area contributed by atoms with E-state index in [1.54, 1.807) is 12.3 Å². The van der Waals surface area contributed by atoms with Crippen LogP contribution >= 0.6 is 0 Å². The SMILES string of the molecule is CCN=S(C)(=O)c1cccc(Oc2cc(C)c(N)cc2C)c1. The number of ether oxygens (including phenoxy) is 1. The molecule has 0 aromatic heterocycles. The average molecular weight is 318 g/mol. The van der Waals surface area contributed by atoms with Crippen LogP contribution in [0.25, 0.3) is 0 Å². The van der Waals surface area contributed by atoms with Crippen LogP contribution in [0.3, 0.4) is 0 Å². The lowest BCUT2D eigenvalue weighted by Gasteiger charge is -2.12. The van der Waals surface area contributed by atoms with E-state index >= 15 is 0 Å². The Hall–Kier alpha value is -2.01. The van der Waals surface area contributed by atoms with Gasteiger partial charge in [-0.05, 0) is 62.2 Å². The second-order valence-corrected chi connectivity index (χ2v) is 7.63. The number of hydrogen-bond donors (Lipinski definition) is 1. The predicted octanol–water partition coefficient (Wildman–Crippen LogP) is 4.15. The number of benzene rings is 2. The lowest BCUT2D eigenvalue weighted by atomic mass is 10.1. The topological polar surface area (TPSA) is 64.7 Å². The highest BCUT2D eigenvalue weighted by molar-refractivity contribution is 7.93. The van der Waals surface area contributed by atoms with E-state index in [0.29, 0.717) is 17.2 Å². The molecular weight excluding hydrogens is 296 g/mol. The van der Waals surface area contributed by atoms with Crippen LogP contribution < -0.4 is 10.5 Å². The van der Waals surface area contributed by atoms with E-state index in [2.05, 4.69) is 4.36 Å². The number of aryl methyl sites for hydroxylation is 2. The molecule has 0 heterocycles. The van der Waals surface area contributed by atoms with Crippen LogP contribution in [0.4, 0.5) is 5.69 Å². The number of nitrogen functional groups attached to an aromatic ring is 1. The summed E-state index contributed by atoms with van der Waals surface area (Å²) in [6.45, 7) is 6.29. The van der Waals surface area contributed by atoms with Crippen molar-refractivity contribution >= 4 is 15.4 Å². The maximum absolute atomic E-state index is 12.5. The van der Waals surface area contributed by atoms with E-state index in [9.17, 15) is 4.21 Å². The lowest BCUT2D eigenvalue weighted by molar-refractivity contribution is 0.477. The van der Waals surface area contributed by atoms with Crippen molar-refractivity contribution in [3.63, 3.8) is 0 Å². The second-order valence-electron chi connectivity index (χ2n) is 5.30. The molecule has 0 spiro atoms. The van der Waals surface area contributed by atoms with Gasteiger partial charge in [-0.25, -0.2) is 8.57 Å². The van der Waals surface area contributed by atoms with Crippen LogP contribution in [-0.2, 0) is 9.73 Å². The smallest absolute Gasteiger partial charge is 0.130 e. The van der Waals surface area contributed by atoms with Gasteiger partial charge in [-0.15, -0.1) is 0 Å². The Morgan fingerprint density at radius 2 is 1.91 bits per heavy atom. The predicted molar refractivity (Wildman–Crippen MR) is 92.1 cm³/mol. The molecule has 0 saturated carbocycles. The molecule has 5 heteroatoms. The molecule has 0 radical (unpaired) electrons. The molecule has 0 aliphatic carbocycles. The van der Waals surface area contributed by atoms with Gasteiger partial charge in [0.2, 0.25) is 0 Å². The van der Waals surface area contributed by atoms with Crippen LogP contribution in [0.15, 0.2) is 45.7 Å². The quantitative estimate of drug-likeness (QED) is 0.861. The third-order valence-electron chi connectivity index (χ3n) is 3.41. The van der Waals surface area contributed by atoms with Crippen molar-refractivity contribution in [1.82, 2.24) is 0 Å². The summed E-state index contributed by atoms with van der Waals surface area (Å²) in [4.78, 5) is 0.677. The zero-order valence-corrected chi connectivity index (χ0v) is 14.2. The molecule has 2 aromatic rings. The first-order valence-electron chi connectivity index (χ1n) is 7.16. The minimum Gasteiger partial charge on any atom is -0.457 e. The maximum Gasteiger partial charge on any atom is 0.130 e. The third kappa shape index (κ3) is 3.60. The first-order chi connectivity index (χ1) is 10.3. The Labute approximate surface area is 132 Å². The molecule has 2 rings (SSSR count). The summed E-state index contributed by atoms with van der Waals surface area (Å²) in [5.41, 5.74) is 8.57. The van der Waals surface area contributed by atoms with E-state index < -0.39 is 9.73 Å². The van der Waals surface area contributed by atoms with Crippen LogP contribution in [-0.4, -0.2) is 17.0 Å². The second kappa shape index (κ2) is 6.40. The average Bonchev–Trinajstić information content (AvgIpc) is 2.45. The van der Waals surface area contributed by atoms with Gasteiger partial charge in [0.1, 0.15) is 11.5 Å². The van der Waals surface area contributed by atoms with Crippen molar-refractivity contribution in [3.05, 3.63) is 47.5 Å². The van der Waals surface area contributed by atoms with Gasteiger partial charge in [0.05, 0.1) is 14.6 Å². The van der Waals surface area contributed by atoms with E-state index in [0.717, 1.165) is 22.6 Å². The van der Waals surface area contributed by atoms with Gasteiger partial charge in [0.15, 0.2) is 0 Å². The Kier molecular flexibility index (Phi) is 4.76. The molecule has 1 unspecified atom stereocenters. The first-order valence-corrected chi connectivity index (χ1v) is 9.08. The normalized spacial score (nSPS) is 13.5. The van der Waals surface area contributed by atoms with Crippen molar-refractivity contribution in [3.8, 4) is 11.5 Å². The standard InChI is InChI=1S/C17H22N2O2S/c1-5-19-22(4,20)15-8-6-7-14(11-15)21-17-10-12(2)16(18)9-13(17)3/h6-11H,5,18H2,1-4H3. The highest BCUT2D eigenvalue weighted by Crippen LogP contribution is 2.30. The highest BCUT2D eigenvalue weighted by atomic mass is 32.2. The van der Waals surface area contributed by atoms with Crippen molar-refractivity contribution in [2.45, 2.75) is 25.7 Å². The van der Waals surface area contributed by atoms with Crippen molar-refractivity contribution in [2.24, 2.45) is 4.36 Å². The molecular formula is C17H22N2O2S. The summed E-state index contributed by atoms with van der Waals surface area (Å²) in [6.07, 6.45) is 1.65. The van der Waals surface area contributed by atoms with Crippen LogP contribution in [0, 0.1) is 13.8 Å². The van der Waals surface area contributed by atoms with E-state index in [1.165, 1.54) is 0 Å². The van der Waals surface area contributed by atoms with Gasteiger partial charge in [0.25, 0.3) is 0 Å². The summed E-state index contributed by atoms with van der Waals surface area (Å²) in [7, 11) is -2.38. The summed E-state index contributed by atoms with van der Waals surface area (Å²) in [5.74, 6) is 1.39. The third-order valence-corrected chi connectivity index (χ3v) is 5.29. The fraction of sp³-hybridized carbons (Fsp3) is 0.294. The molecule has 0 aliphatic rings. The van der Waals surface area contributed by atoms with Crippen molar-refractivity contribution in [2.75, 3.05) is 18.5 Å². The van der Waals surface area contributed by atoms with Gasteiger partial charge in [-0.3, -0.25) is 0 Å². The lowest BCUT2D eigenvalue weighted by Crippen LogP contribution is -1.99. The van der Waals surface area contributed by atoms with Crippen LogP contribution in [0.2, 0.25) is 0 Å². The molecule has 0 bridgehead atoms. The molecule has 0 aliphatic heterocycles. The Morgan fingerprint density at radius 3 is 2.59 bits per heavy atom. The van der Waals surface area contributed by atoms with Crippen LogP contribution in [0.5, 0.6) is 11.5 Å². The number of anilines is 1. The Morgan fingerprint density at radius 1 is 1.18 bits per heavy atom. The minimum atomic E-state index is -2.38. The fourth-order valence-electron chi connectivity index (χ4n) is 2.14. The Balaban J connectivity index is 2.38. The summed E-state index contributed by atoms with van der Waals surface area (Å²) in [5, 5.41) is 0. The molecule has 0 fully saturated rings. The van der Waals surface area contributed by atoms with Gasteiger partial charge in [-0.1, -0.05) is 6.07 Å². The number of hydrogen-bond acceptors (Lipinski definition) is 4. The zero-order chi connectivity index (χ0) is 16.3. The molecule has 118 valence electrons. The molecule has 0 saturated heterocycles. The summed E-state index contributed by atoms with van der Waals surface area (Å²) >= 11 is 0. The van der Waals surface area contributed by atoms with Crippen LogP contribution in [0.1, 0.15) is 18.1 Å². The molecule has 0 amide bonds. The van der Waals surface area contributed by atoms with Crippen molar-refractivity contribution in [1.29, 1.82) is 0 Å². The van der Waals surface area contributed by atoms with Gasteiger partial charge in [0, 0.05) is 18.5 Å². The monoisotopic (exact) mass is 318 g/mol. The molecule has 2 N–H and O–H groups in total. The van der Waals surface area contributed by atoms with Crippen molar-refractivity contribution < 1.29 is 8.95 Å². The minimum absolute atomic E-state index is 0.524. The highest BCUT2D eigenvalue weighted by Gasteiger charge is 2.09. The summed E-state index contributed by atoms with van der Waals surface area (Å²) in [6, 6.07) is 11.1. The summed E-state index contributed by atoms with van der Waals surface area (Å²) < 4.78 is 22.6. The van der Waals surface area contributed by atoms with E-state index in [-0.39, 0.29) is 0 Å². The largest absolute Gasteiger partial charge is 0.457 e. The zero-order valence-electron chi connectivity index (χ0n) is 13.4. The Bertz CT molecular complexity index is 806. The first kappa shape index (κ1) is 16.4. The maximum atomic E-state index is 12.5. The fourth-order valence-corrected chi connectivity index (χ4v) is 3.45. The molecule has 1 atom stereocenters. The van der Waals surface area contributed by atoms with Gasteiger partial charge < -0.3 is 10.5 Å². The molecule has 2 aromatic carbocycles. The van der Waals surface area contributed by atoms with E-state index in [4.69, 9.17) is 10.5 Å². The van der Waals surface area contributed by atoms with E-state index in [1.807, 2.05) is 51.1 Å². The number of nitrogens with two attached hydrogens (primary N) is 1. The number of rotatable bonds is 4. The molecule has 4 nitrogen and oxygen atoms in total.